The van der Waals surface area contributed by atoms with E-state index in [4.69, 9.17) is 5.73 Å². The molecule has 0 aliphatic heterocycles. The molecule has 0 fully saturated rings. The number of benzene rings is 1. The van der Waals surface area contributed by atoms with Gasteiger partial charge in [-0.05, 0) is 6.92 Å². The highest BCUT2D eigenvalue weighted by Crippen LogP contribution is 2.19. The Morgan fingerprint density at radius 3 is 2.20 bits per heavy atom. The standard InChI is InChI=1S/C10H13NO3.ClH/c1-7(13)10(11,14)9-4-2-8(6-12)3-5-9;/h2-7,13-14H,11H2,1H3;1H/t7-,10+;/m1./s1. The molecule has 1 aromatic carbocycles. The molecule has 0 bridgehead atoms. The van der Waals surface area contributed by atoms with E-state index in [0.717, 1.165) is 0 Å². The van der Waals surface area contributed by atoms with Crippen LogP contribution in [0.3, 0.4) is 0 Å². The Labute approximate surface area is 94.1 Å². The topological polar surface area (TPSA) is 83.6 Å². The Bertz CT molecular complexity index is 322. The van der Waals surface area contributed by atoms with Gasteiger partial charge in [-0.3, -0.25) is 10.5 Å². The molecule has 84 valence electrons. The minimum absolute atomic E-state index is 0. The number of aliphatic hydroxyl groups excluding tert-OH is 1. The summed E-state index contributed by atoms with van der Waals surface area (Å²) < 4.78 is 0. The first-order chi connectivity index (χ1) is 6.48. The Morgan fingerprint density at radius 2 is 1.87 bits per heavy atom. The quantitative estimate of drug-likeness (QED) is 0.520. The largest absolute Gasteiger partial charge is 0.389 e. The zero-order chi connectivity index (χ0) is 10.8. The first kappa shape index (κ1) is 14.1. The van der Waals surface area contributed by atoms with Gasteiger partial charge in [0.15, 0.2) is 5.72 Å². The van der Waals surface area contributed by atoms with Crippen molar-refractivity contribution in [2.45, 2.75) is 18.8 Å². The first-order valence-electron chi connectivity index (χ1n) is 4.23. The molecule has 2 atom stereocenters. The summed E-state index contributed by atoms with van der Waals surface area (Å²) in [4.78, 5) is 10.4. The number of aldehydes is 1. The summed E-state index contributed by atoms with van der Waals surface area (Å²) in [5.41, 5.74) is 4.58. The van der Waals surface area contributed by atoms with Crippen molar-refractivity contribution in [2.75, 3.05) is 0 Å². The number of halogens is 1. The van der Waals surface area contributed by atoms with Crippen LogP contribution in [0, 0.1) is 0 Å². The van der Waals surface area contributed by atoms with E-state index in [1.54, 1.807) is 0 Å². The molecule has 1 rings (SSSR count). The SMILES string of the molecule is C[C@@H](O)[C@](N)(O)c1ccc(C=O)cc1.Cl. The lowest BCUT2D eigenvalue weighted by Gasteiger charge is -2.26. The fourth-order valence-corrected chi connectivity index (χ4v) is 1.07. The molecule has 0 saturated carbocycles. The van der Waals surface area contributed by atoms with Gasteiger partial charge in [-0.2, -0.15) is 0 Å². The van der Waals surface area contributed by atoms with Crippen molar-refractivity contribution in [3.8, 4) is 0 Å². The van der Waals surface area contributed by atoms with Crippen molar-refractivity contribution in [3.05, 3.63) is 35.4 Å². The first-order valence-corrected chi connectivity index (χ1v) is 4.23. The lowest BCUT2D eigenvalue weighted by atomic mass is 9.98. The van der Waals surface area contributed by atoms with Crippen LogP contribution in [0.1, 0.15) is 22.8 Å². The molecule has 0 spiro atoms. The monoisotopic (exact) mass is 231 g/mol. The van der Waals surface area contributed by atoms with E-state index in [1.165, 1.54) is 31.2 Å². The van der Waals surface area contributed by atoms with E-state index in [9.17, 15) is 15.0 Å². The molecule has 5 heteroatoms. The number of carbonyl (C=O) groups is 1. The fraction of sp³-hybridized carbons (Fsp3) is 0.300. The van der Waals surface area contributed by atoms with Gasteiger partial charge in [0.25, 0.3) is 0 Å². The van der Waals surface area contributed by atoms with Gasteiger partial charge in [0.2, 0.25) is 0 Å². The van der Waals surface area contributed by atoms with Crippen molar-refractivity contribution in [3.63, 3.8) is 0 Å². The van der Waals surface area contributed by atoms with Gasteiger partial charge in [0, 0.05) is 11.1 Å². The third-order valence-corrected chi connectivity index (χ3v) is 2.15. The maximum Gasteiger partial charge on any atom is 0.165 e. The zero-order valence-electron chi connectivity index (χ0n) is 8.25. The maximum absolute atomic E-state index is 10.4. The molecule has 0 aliphatic rings. The smallest absolute Gasteiger partial charge is 0.165 e. The molecule has 4 N–H and O–H groups in total. The van der Waals surface area contributed by atoms with Gasteiger partial charge in [0.05, 0.1) is 6.10 Å². The molecule has 1 aromatic rings. The van der Waals surface area contributed by atoms with Crippen molar-refractivity contribution in [2.24, 2.45) is 5.73 Å². The van der Waals surface area contributed by atoms with Crippen molar-refractivity contribution < 1.29 is 15.0 Å². The number of aliphatic hydroxyl groups is 2. The van der Waals surface area contributed by atoms with Gasteiger partial charge in [-0.15, -0.1) is 12.4 Å². The van der Waals surface area contributed by atoms with Gasteiger partial charge < -0.3 is 10.2 Å². The number of hydrogen-bond donors (Lipinski definition) is 3. The van der Waals surface area contributed by atoms with Crippen LogP contribution in [0.4, 0.5) is 0 Å². The number of nitrogens with two attached hydrogens (primary N) is 1. The highest BCUT2D eigenvalue weighted by molar-refractivity contribution is 5.85. The molecule has 4 nitrogen and oxygen atoms in total. The summed E-state index contributed by atoms with van der Waals surface area (Å²) in [6.07, 6.45) is -0.383. The third kappa shape index (κ3) is 3.00. The molecule has 0 amide bonds. The lowest BCUT2D eigenvalue weighted by Crippen LogP contribution is -2.46. The van der Waals surface area contributed by atoms with Crippen LogP contribution in [0.25, 0.3) is 0 Å². The molecule has 0 aromatic heterocycles. The van der Waals surface area contributed by atoms with Crippen LogP contribution < -0.4 is 5.73 Å². The van der Waals surface area contributed by atoms with Gasteiger partial charge in [0.1, 0.15) is 6.29 Å². The molecular weight excluding hydrogens is 218 g/mol. The van der Waals surface area contributed by atoms with Crippen LogP contribution in [0.2, 0.25) is 0 Å². The van der Waals surface area contributed by atoms with E-state index in [1.807, 2.05) is 0 Å². The zero-order valence-corrected chi connectivity index (χ0v) is 9.07. The highest BCUT2D eigenvalue weighted by atomic mass is 35.5. The Kier molecular flexibility index (Phi) is 4.90. The van der Waals surface area contributed by atoms with Gasteiger partial charge >= 0.3 is 0 Å². The van der Waals surface area contributed by atoms with Crippen LogP contribution in [-0.2, 0) is 5.72 Å². The number of hydrogen-bond acceptors (Lipinski definition) is 4. The summed E-state index contributed by atoms with van der Waals surface area (Å²) in [6, 6.07) is 6.08. The Hall–Kier alpha value is -0.940. The number of carbonyl (C=O) groups excluding carboxylic acids is 1. The predicted molar refractivity (Wildman–Crippen MR) is 58.8 cm³/mol. The van der Waals surface area contributed by atoms with E-state index in [0.29, 0.717) is 17.4 Å². The van der Waals surface area contributed by atoms with E-state index >= 15 is 0 Å². The number of rotatable bonds is 3. The Balaban J connectivity index is 0.00000196. The molecule has 15 heavy (non-hydrogen) atoms. The third-order valence-electron chi connectivity index (χ3n) is 2.15. The molecule has 0 heterocycles. The van der Waals surface area contributed by atoms with Crippen LogP contribution >= 0.6 is 12.4 Å². The summed E-state index contributed by atoms with van der Waals surface area (Å²) in [6.45, 7) is 1.40. The van der Waals surface area contributed by atoms with Crippen molar-refractivity contribution >= 4 is 18.7 Å². The second-order valence-corrected chi connectivity index (χ2v) is 3.24. The van der Waals surface area contributed by atoms with Crippen molar-refractivity contribution in [1.29, 1.82) is 0 Å². The van der Waals surface area contributed by atoms with Crippen LogP contribution in [-0.4, -0.2) is 22.6 Å². The molecule has 0 radical (unpaired) electrons. The summed E-state index contributed by atoms with van der Waals surface area (Å²) >= 11 is 0. The second kappa shape index (κ2) is 5.23. The average Bonchev–Trinajstić information content (AvgIpc) is 2.17. The summed E-state index contributed by atoms with van der Waals surface area (Å²) in [7, 11) is 0. The van der Waals surface area contributed by atoms with E-state index in [-0.39, 0.29) is 12.4 Å². The molecule has 0 saturated heterocycles. The van der Waals surface area contributed by atoms with Gasteiger partial charge in [-0.1, -0.05) is 24.3 Å². The summed E-state index contributed by atoms with van der Waals surface area (Å²) in [5, 5.41) is 18.9. The minimum atomic E-state index is -1.78. The Morgan fingerprint density at radius 1 is 1.40 bits per heavy atom. The fourth-order valence-electron chi connectivity index (χ4n) is 1.07. The van der Waals surface area contributed by atoms with Crippen LogP contribution in [0.15, 0.2) is 24.3 Å². The van der Waals surface area contributed by atoms with Crippen LogP contribution in [0.5, 0.6) is 0 Å². The second-order valence-electron chi connectivity index (χ2n) is 3.24. The summed E-state index contributed by atoms with van der Waals surface area (Å²) in [5.74, 6) is 0. The minimum Gasteiger partial charge on any atom is -0.389 e. The molecule has 0 aliphatic carbocycles. The molecule has 0 unspecified atom stereocenters. The van der Waals surface area contributed by atoms with E-state index < -0.39 is 11.8 Å². The van der Waals surface area contributed by atoms with Crippen molar-refractivity contribution in [1.82, 2.24) is 0 Å². The normalized spacial score (nSPS) is 16.0. The lowest BCUT2D eigenvalue weighted by molar-refractivity contribution is -0.0669. The van der Waals surface area contributed by atoms with E-state index in [2.05, 4.69) is 0 Å². The van der Waals surface area contributed by atoms with Gasteiger partial charge in [-0.25, -0.2) is 0 Å². The predicted octanol–water partition coefficient (Wildman–Crippen LogP) is 0.405. The maximum atomic E-state index is 10.4. The molecular formula is C10H14ClNO3. The highest BCUT2D eigenvalue weighted by Gasteiger charge is 2.29. The average molecular weight is 232 g/mol.